The van der Waals surface area contributed by atoms with E-state index in [2.05, 4.69) is 10.6 Å². The Bertz CT molecular complexity index is 903. The smallest absolute Gasteiger partial charge is 0.261 e. The van der Waals surface area contributed by atoms with Gasteiger partial charge >= 0.3 is 0 Å². The molecule has 0 aliphatic rings. The zero-order valence-electron chi connectivity index (χ0n) is 14.5. The number of benzene rings is 2. The van der Waals surface area contributed by atoms with Crippen molar-refractivity contribution in [3.8, 4) is 0 Å². The van der Waals surface area contributed by atoms with Crippen LogP contribution in [-0.4, -0.2) is 18.4 Å². The van der Waals surface area contributed by atoms with Crippen molar-refractivity contribution in [2.24, 2.45) is 0 Å². The largest absolute Gasteiger partial charge is 0.342 e. The quantitative estimate of drug-likeness (QED) is 0.739. The molecule has 0 aliphatic carbocycles. The van der Waals surface area contributed by atoms with E-state index < -0.39 is 0 Å². The molecular weight excluding hydrogens is 332 g/mol. The van der Waals surface area contributed by atoms with Crippen LogP contribution < -0.4 is 10.6 Å². The number of fused-ring (bicyclic) bond motifs is 1. The van der Waals surface area contributed by atoms with Gasteiger partial charge in [0.1, 0.15) is 0 Å². The van der Waals surface area contributed by atoms with Crippen LogP contribution in [0.2, 0.25) is 0 Å². The summed E-state index contributed by atoms with van der Waals surface area (Å²) in [4.78, 5) is 25.1. The van der Waals surface area contributed by atoms with Gasteiger partial charge in [-0.2, -0.15) is 0 Å². The lowest BCUT2D eigenvalue weighted by Crippen LogP contribution is -2.32. The van der Waals surface area contributed by atoms with Crippen LogP contribution in [0.1, 0.15) is 26.4 Å². The summed E-state index contributed by atoms with van der Waals surface area (Å²) in [6, 6.07) is 13.7. The Kier molecular flexibility index (Phi) is 4.86. The van der Waals surface area contributed by atoms with Gasteiger partial charge < -0.3 is 10.6 Å². The molecule has 0 spiro atoms. The Morgan fingerprint density at radius 2 is 1.68 bits per heavy atom. The zero-order valence-corrected chi connectivity index (χ0v) is 15.3. The molecule has 0 radical (unpaired) electrons. The van der Waals surface area contributed by atoms with E-state index >= 15 is 0 Å². The first-order valence-electron chi connectivity index (χ1n) is 8.08. The van der Waals surface area contributed by atoms with E-state index in [4.69, 9.17) is 0 Å². The van der Waals surface area contributed by atoms with Gasteiger partial charge in [-0.15, -0.1) is 11.3 Å². The fourth-order valence-electron chi connectivity index (χ4n) is 2.90. The highest BCUT2D eigenvalue weighted by molar-refractivity contribution is 7.20. The summed E-state index contributed by atoms with van der Waals surface area (Å²) >= 11 is 1.42. The molecule has 0 unspecified atom stereocenters. The van der Waals surface area contributed by atoms with Crippen molar-refractivity contribution in [1.82, 2.24) is 5.32 Å². The minimum atomic E-state index is -0.232. The molecule has 0 saturated heterocycles. The number of amides is 2. The van der Waals surface area contributed by atoms with E-state index in [0.29, 0.717) is 4.88 Å². The van der Waals surface area contributed by atoms with E-state index in [9.17, 15) is 9.59 Å². The van der Waals surface area contributed by atoms with Crippen LogP contribution in [0.5, 0.6) is 0 Å². The van der Waals surface area contributed by atoms with Crippen LogP contribution in [0, 0.1) is 20.8 Å². The van der Waals surface area contributed by atoms with Gasteiger partial charge in [0.25, 0.3) is 5.91 Å². The number of rotatable bonds is 4. The lowest BCUT2D eigenvalue weighted by Gasteiger charge is -2.13. The number of carbonyl (C=O) groups is 2. The number of thiophene rings is 1. The summed E-state index contributed by atoms with van der Waals surface area (Å²) in [5.74, 6) is -0.460. The SMILES string of the molecule is Cc1cc(C)c(NC(=O)CNC(=O)c2cc3ccccc3s2)c(C)c1. The summed E-state index contributed by atoms with van der Waals surface area (Å²) < 4.78 is 1.06. The van der Waals surface area contributed by atoms with Gasteiger partial charge in [-0.05, 0) is 49.4 Å². The monoisotopic (exact) mass is 352 g/mol. The Hall–Kier alpha value is -2.66. The van der Waals surface area contributed by atoms with Gasteiger partial charge in [-0.3, -0.25) is 9.59 Å². The highest BCUT2D eigenvalue weighted by Gasteiger charge is 2.13. The Morgan fingerprint density at radius 1 is 1.00 bits per heavy atom. The number of nitrogens with one attached hydrogen (secondary N) is 2. The van der Waals surface area contributed by atoms with Gasteiger partial charge in [0, 0.05) is 10.4 Å². The first-order valence-corrected chi connectivity index (χ1v) is 8.90. The molecular formula is C20H20N2O2S. The van der Waals surface area contributed by atoms with Crippen LogP contribution in [0.25, 0.3) is 10.1 Å². The van der Waals surface area contributed by atoms with Gasteiger partial charge in [-0.25, -0.2) is 0 Å². The molecule has 0 aliphatic heterocycles. The van der Waals surface area contributed by atoms with Crippen LogP contribution in [-0.2, 0) is 4.79 Å². The first-order chi connectivity index (χ1) is 11.9. The van der Waals surface area contributed by atoms with Gasteiger partial charge in [-0.1, -0.05) is 35.9 Å². The van der Waals surface area contributed by atoms with Crippen molar-refractivity contribution in [3.63, 3.8) is 0 Å². The van der Waals surface area contributed by atoms with Gasteiger partial charge in [0.15, 0.2) is 0 Å². The standard InChI is InChI=1S/C20H20N2O2S/c1-12-8-13(2)19(14(3)9-12)22-18(23)11-21-20(24)17-10-15-6-4-5-7-16(15)25-17/h4-10H,11H2,1-3H3,(H,21,24)(H,22,23). The van der Waals surface area contributed by atoms with E-state index in [1.165, 1.54) is 11.3 Å². The highest BCUT2D eigenvalue weighted by Crippen LogP contribution is 2.25. The van der Waals surface area contributed by atoms with Gasteiger partial charge in [0.2, 0.25) is 5.91 Å². The lowest BCUT2D eigenvalue weighted by molar-refractivity contribution is -0.115. The summed E-state index contributed by atoms with van der Waals surface area (Å²) in [7, 11) is 0. The van der Waals surface area contributed by atoms with Crippen molar-refractivity contribution in [1.29, 1.82) is 0 Å². The molecule has 0 bridgehead atoms. The van der Waals surface area contributed by atoms with E-state index in [0.717, 1.165) is 32.5 Å². The summed E-state index contributed by atoms with van der Waals surface area (Å²) in [6.45, 7) is 5.90. The Morgan fingerprint density at radius 3 is 2.36 bits per heavy atom. The topological polar surface area (TPSA) is 58.2 Å². The molecule has 0 saturated carbocycles. The maximum Gasteiger partial charge on any atom is 0.261 e. The molecule has 2 amide bonds. The van der Waals surface area contributed by atoms with Gasteiger partial charge in [0.05, 0.1) is 11.4 Å². The fraction of sp³-hybridized carbons (Fsp3) is 0.200. The Labute approximate surface area is 150 Å². The fourth-order valence-corrected chi connectivity index (χ4v) is 3.88. The summed E-state index contributed by atoms with van der Waals surface area (Å²) in [5.41, 5.74) is 4.00. The van der Waals surface area contributed by atoms with Crippen LogP contribution >= 0.6 is 11.3 Å². The molecule has 4 nitrogen and oxygen atoms in total. The number of carbonyl (C=O) groups excluding carboxylic acids is 2. The minimum absolute atomic E-state index is 0.0557. The second-order valence-electron chi connectivity index (χ2n) is 6.15. The molecule has 128 valence electrons. The van der Waals surface area contributed by atoms with E-state index in [1.807, 2.05) is 63.2 Å². The zero-order chi connectivity index (χ0) is 18.0. The second kappa shape index (κ2) is 7.07. The van der Waals surface area contributed by atoms with E-state index in [1.54, 1.807) is 0 Å². The van der Waals surface area contributed by atoms with Crippen molar-refractivity contribution in [3.05, 3.63) is 64.0 Å². The lowest BCUT2D eigenvalue weighted by atomic mass is 10.1. The third-order valence-corrected chi connectivity index (χ3v) is 5.12. The first kappa shape index (κ1) is 17.2. The maximum absolute atomic E-state index is 12.3. The van der Waals surface area contributed by atoms with Crippen LogP contribution in [0.15, 0.2) is 42.5 Å². The van der Waals surface area contributed by atoms with Crippen molar-refractivity contribution in [2.45, 2.75) is 20.8 Å². The third-order valence-electron chi connectivity index (χ3n) is 4.00. The van der Waals surface area contributed by atoms with Crippen LogP contribution in [0.4, 0.5) is 5.69 Å². The third kappa shape index (κ3) is 3.88. The summed E-state index contributed by atoms with van der Waals surface area (Å²) in [5, 5.41) is 6.61. The molecule has 0 fully saturated rings. The van der Waals surface area contributed by atoms with Crippen molar-refractivity contribution in [2.75, 3.05) is 11.9 Å². The molecule has 0 atom stereocenters. The predicted molar refractivity (Wildman–Crippen MR) is 103 cm³/mol. The molecule has 25 heavy (non-hydrogen) atoms. The number of anilines is 1. The van der Waals surface area contributed by atoms with Crippen molar-refractivity contribution < 1.29 is 9.59 Å². The van der Waals surface area contributed by atoms with E-state index in [-0.39, 0.29) is 18.4 Å². The summed E-state index contributed by atoms with van der Waals surface area (Å²) in [6.07, 6.45) is 0. The average molecular weight is 352 g/mol. The number of hydrogen-bond donors (Lipinski definition) is 2. The second-order valence-corrected chi connectivity index (χ2v) is 7.24. The molecule has 2 N–H and O–H groups in total. The predicted octanol–water partition coefficient (Wildman–Crippen LogP) is 4.20. The average Bonchev–Trinajstić information content (AvgIpc) is 3.00. The molecule has 1 heterocycles. The van der Waals surface area contributed by atoms with Crippen molar-refractivity contribution >= 4 is 38.9 Å². The molecule has 2 aromatic carbocycles. The maximum atomic E-state index is 12.3. The minimum Gasteiger partial charge on any atom is -0.342 e. The Balaban J connectivity index is 1.63. The number of hydrogen-bond acceptors (Lipinski definition) is 3. The molecule has 3 aromatic rings. The molecule has 3 rings (SSSR count). The number of aryl methyl sites for hydroxylation is 3. The normalized spacial score (nSPS) is 10.7. The highest BCUT2D eigenvalue weighted by atomic mass is 32.1. The van der Waals surface area contributed by atoms with Crippen LogP contribution in [0.3, 0.4) is 0 Å². The molecule has 5 heteroatoms. The molecule has 1 aromatic heterocycles.